The molecule has 1 atom stereocenters. The van der Waals surface area contributed by atoms with Crippen LogP contribution < -0.4 is 10.5 Å². The molecule has 4 nitrogen and oxygen atoms in total. The van der Waals surface area contributed by atoms with E-state index in [0.717, 1.165) is 11.3 Å². The fourth-order valence-corrected chi connectivity index (χ4v) is 2.16. The maximum absolute atomic E-state index is 12.2. The molecule has 0 saturated heterocycles. The largest absolute Gasteiger partial charge is 0.494 e. The third-order valence-corrected chi connectivity index (χ3v) is 3.10. The molecule has 1 amide bonds. The second-order valence-electron chi connectivity index (χ2n) is 5.47. The van der Waals surface area contributed by atoms with Crippen molar-refractivity contribution < 1.29 is 9.53 Å². The number of nitrogens with two attached hydrogens (primary N) is 1. The fraction of sp³-hybridized carbons (Fsp3) is 0.562. The molecule has 0 spiro atoms. The van der Waals surface area contributed by atoms with E-state index in [1.165, 1.54) is 0 Å². The summed E-state index contributed by atoms with van der Waals surface area (Å²) in [5.41, 5.74) is 6.95. The van der Waals surface area contributed by atoms with Crippen LogP contribution in [-0.4, -0.2) is 30.5 Å². The predicted molar refractivity (Wildman–Crippen MR) is 81.5 cm³/mol. The molecule has 0 aliphatic heterocycles. The van der Waals surface area contributed by atoms with Gasteiger partial charge in [0.2, 0.25) is 5.91 Å². The minimum atomic E-state index is -0.431. The second-order valence-corrected chi connectivity index (χ2v) is 5.47. The average molecular weight is 278 g/mol. The molecule has 0 aliphatic carbocycles. The van der Waals surface area contributed by atoms with E-state index in [9.17, 15) is 4.79 Å². The van der Waals surface area contributed by atoms with Gasteiger partial charge in [-0.15, -0.1) is 0 Å². The zero-order valence-corrected chi connectivity index (χ0v) is 12.9. The summed E-state index contributed by atoms with van der Waals surface area (Å²) < 4.78 is 5.57. The highest BCUT2D eigenvalue weighted by Crippen LogP contribution is 2.19. The third kappa shape index (κ3) is 4.85. The molecular formula is C16H26N2O2. The SMILES string of the molecule is CCOc1ccccc1CN(C)C(=O)[C@@H](N)CC(C)C. The Bertz CT molecular complexity index is 432. The number of likely N-dealkylation sites (N-methyl/N-ethyl adjacent to an activating group) is 1. The van der Waals surface area contributed by atoms with Crippen LogP contribution in [-0.2, 0) is 11.3 Å². The van der Waals surface area contributed by atoms with Crippen LogP contribution in [0.25, 0.3) is 0 Å². The predicted octanol–water partition coefficient (Wildman–Crippen LogP) is 2.42. The van der Waals surface area contributed by atoms with Crippen LogP contribution >= 0.6 is 0 Å². The maximum Gasteiger partial charge on any atom is 0.239 e. The number of hydrogen-bond donors (Lipinski definition) is 1. The number of nitrogens with zero attached hydrogens (tertiary/aromatic N) is 1. The van der Waals surface area contributed by atoms with Gasteiger partial charge in [-0.3, -0.25) is 4.79 Å². The summed E-state index contributed by atoms with van der Waals surface area (Å²) >= 11 is 0. The van der Waals surface area contributed by atoms with E-state index in [4.69, 9.17) is 10.5 Å². The third-order valence-electron chi connectivity index (χ3n) is 3.10. The molecule has 0 aromatic heterocycles. The van der Waals surface area contributed by atoms with Crippen molar-refractivity contribution in [1.82, 2.24) is 4.90 Å². The topological polar surface area (TPSA) is 55.6 Å². The molecular weight excluding hydrogens is 252 g/mol. The summed E-state index contributed by atoms with van der Waals surface area (Å²) in [6.07, 6.45) is 0.705. The number of rotatable bonds is 7. The first-order valence-electron chi connectivity index (χ1n) is 7.17. The van der Waals surface area contributed by atoms with Crippen LogP contribution in [0, 0.1) is 5.92 Å². The van der Waals surface area contributed by atoms with Crippen molar-refractivity contribution in [3.8, 4) is 5.75 Å². The van der Waals surface area contributed by atoms with E-state index < -0.39 is 6.04 Å². The minimum absolute atomic E-state index is 0.0231. The maximum atomic E-state index is 12.2. The first kappa shape index (κ1) is 16.5. The number of hydrogen-bond acceptors (Lipinski definition) is 3. The first-order chi connectivity index (χ1) is 9.45. The number of amides is 1. The van der Waals surface area contributed by atoms with Gasteiger partial charge in [-0.25, -0.2) is 0 Å². The van der Waals surface area contributed by atoms with Crippen molar-refractivity contribution in [3.05, 3.63) is 29.8 Å². The summed E-state index contributed by atoms with van der Waals surface area (Å²) in [5.74, 6) is 1.22. The van der Waals surface area contributed by atoms with Gasteiger partial charge in [0, 0.05) is 19.2 Å². The lowest BCUT2D eigenvalue weighted by Crippen LogP contribution is -2.42. The molecule has 0 heterocycles. The van der Waals surface area contributed by atoms with Crippen LogP contribution in [0.5, 0.6) is 5.75 Å². The van der Waals surface area contributed by atoms with Crippen molar-refractivity contribution in [2.24, 2.45) is 11.7 Å². The second kappa shape index (κ2) is 7.90. The normalized spacial score (nSPS) is 12.3. The Kier molecular flexibility index (Phi) is 6.52. The highest BCUT2D eigenvalue weighted by atomic mass is 16.5. The lowest BCUT2D eigenvalue weighted by atomic mass is 10.0. The van der Waals surface area contributed by atoms with Gasteiger partial charge in [0.15, 0.2) is 0 Å². The number of ether oxygens (including phenoxy) is 1. The van der Waals surface area contributed by atoms with Crippen LogP contribution in [0.2, 0.25) is 0 Å². The quantitative estimate of drug-likeness (QED) is 0.833. The molecule has 1 rings (SSSR count). The van der Waals surface area contributed by atoms with Gasteiger partial charge in [0.25, 0.3) is 0 Å². The monoisotopic (exact) mass is 278 g/mol. The highest BCUT2D eigenvalue weighted by molar-refractivity contribution is 5.81. The summed E-state index contributed by atoms with van der Waals surface area (Å²) in [4.78, 5) is 13.9. The summed E-state index contributed by atoms with van der Waals surface area (Å²) in [6.45, 7) is 7.21. The van der Waals surface area contributed by atoms with Gasteiger partial charge in [-0.2, -0.15) is 0 Å². The lowest BCUT2D eigenvalue weighted by molar-refractivity contribution is -0.132. The van der Waals surface area contributed by atoms with Crippen molar-refractivity contribution in [2.45, 2.75) is 39.8 Å². The highest BCUT2D eigenvalue weighted by Gasteiger charge is 2.20. The van der Waals surface area contributed by atoms with Gasteiger partial charge in [-0.1, -0.05) is 32.0 Å². The van der Waals surface area contributed by atoms with Gasteiger partial charge in [0.05, 0.1) is 12.6 Å². The minimum Gasteiger partial charge on any atom is -0.494 e. The number of benzene rings is 1. The molecule has 1 aromatic rings. The van der Waals surface area contributed by atoms with E-state index in [1.54, 1.807) is 11.9 Å². The molecule has 4 heteroatoms. The van der Waals surface area contributed by atoms with Crippen LogP contribution in [0.3, 0.4) is 0 Å². The molecule has 0 fully saturated rings. The summed E-state index contributed by atoms with van der Waals surface area (Å²) in [7, 11) is 1.78. The molecule has 20 heavy (non-hydrogen) atoms. The van der Waals surface area contributed by atoms with Crippen LogP contribution in [0.15, 0.2) is 24.3 Å². The summed E-state index contributed by atoms with van der Waals surface area (Å²) in [6, 6.07) is 7.35. The molecule has 2 N–H and O–H groups in total. The number of para-hydroxylation sites is 1. The Morgan fingerprint density at radius 1 is 1.35 bits per heavy atom. The zero-order chi connectivity index (χ0) is 15.1. The van der Waals surface area contributed by atoms with Crippen molar-refractivity contribution >= 4 is 5.91 Å². The number of carbonyl (C=O) groups is 1. The van der Waals surface area contributed by atoms with E-state index in [1.807, 2.05) is 31.2 Å². The Hall–Kier alpha value is -1.55. The van der Waals surface area contributed by atoms with Gasteiger partial charge in [-0.05, 0) is 25.3 Å². The van der Waals surface area contributed by atoms with E-state index in [-0.39, 0.29) is 5.91 Å². The molecule has 1 aromatic carbocycles. The molecule has 0 unspecified atom stereocenters. The fourth-order valence-electron chi connectivity index (χ4n) is 2.16. The average Bonchev–Trinajstić information content (AvgIpc) is 2.39. The van der Waals surface area contributed by atoms with E-state index in [2.05, 4.69) is 13.8 Å². The van der Waals surface area contributed by atoms with Gasteiger partial charge in [0.1, 0.15) is 5.75 Å². The smallest absolute Gasteiger partial charge is 0.239 e. The lowest BCUT2D eigenvalue weighted by Gasteiger charge is -2.23. The van der Waals surface area contributed by atoms with Crippen molar-refractivity contribution in [3.63, 3.8) is 0 Å². The molecule has 0 bridgehead atoms. The van der Waals surface area contributed by atoms with E-state index in [0.29, 0.717) is 25.5 Å². The van der Waals surface area contributed by atoms with Gasteiger partial charge < -0.3 is 15.4 Å². The molecule has 0 saturated carbocycles. The van der Waals surface area contributed by atoms with Gasteiger partial charge >= 0.3 is 0 Å². The number of carbonyl (C=O) groups excluding carboxylic acids is 1. The van der Waals surface area contributed by atoms with Crippen molar-refractivity contribution in [1.29, 1.82) is 0 Å². The van der Waals surface area contributed by atoms with Crippen LogP contribution in [0.4, 0.5) is 0 Å². The Labute approximate surface area is 121 Å². The standard InChI is InChI=1S/C16H26N2O2/c1-5-20-15-9-7-6-8-13(15)11-18(4)16(19)14(17)10-12(2)3/h6-9,12,14H,5,10-11,17H2,1-4H3/t14-/m0/s1. The van der Waals surface area contributed by atoms with Crippen LogP contribution in [0.1, 0.15) is 32.8 Å². The Morgan fingerprint density at radius 3 is 2.60 bits per heavy atom. The Balaban J connectivity index is 2.70. The van der Waals surface area contributed by atoms with Crippen molar-refractivity contribution in [2.75, 3.05) is 13.7 Å². The molecule has 0 aliphatic rings. The van der Waals surface area contributed by atoms with E-state index >= 15 is 0 Å². The summed E-state index contributed by atoms with van der Waals surface area (Å²) in [5, 5.41) is 0. The Morgan fingerprint density at radius 2 is 2.00 bits per heavy atom. The molecule has 0 radical (unpaired) electrons. The molecule has 112 valence electrons. The zero-order valence-electron chi connectivity index (χ0n) is 12.9. The first-order valence-corrected chi connectivity index (χ1v) is 7.17.